The van der Waals surface area contributed by atoms with Crippen LogP contribution in [-0.4, -0.2) is 40.0 Å². The molecule has 0 aliphatic carbocycles. The highest BCUT2D eigenvalue weighted by Gasteiger charge is 2.29. The van der Waals surface area contributed by atoms with Crippen molar-refractivity contribution < 1.29 is 8.42 Å². The van der Waals surface area contributed by atoms with Crippen molar-refractivity contribution in [3.63, 3.8) is 0 Å². The highest BCUT2D eigenvalue weighted by Crippen LogP contribution is 2.33. The summed E-state index contributed by atoms with van der Waals surface area (Å²) in [5.74, 6) is 0. The molecule has 0 saturated heterocycles. The summed E-state index contributed by atoms with van der Waals surface area (Å²) in [5, 5.41) is 0. The Balaban J connectivity index is 1.64. The van der Waals surface area contributed by atoms with Crippen LogP contribution in [0.2, 0.25) is 0 Å². The molecule has 0 unspecified atom stereocenters. The van der Waals surface area contributed by atoms with Crippen LogP contribution >= 0.6 is 15.9 Å². The van der Waals surface area contributed by atoms with Crippen LogP contribution in [0.15, 0.2) is 64.5 Å². The number of anilines is 1. The standard InChI is InChI=1S/C24H31BrN2O2S/c1-3-16-26(2)17-6-4-5-8-20-10-15-24-21(19-20)9-7-18-27(24)30(28,29)23-13-11-22(25)12-14-23/h3,10-15,19H,1,4-9,16-18H2,2H3. The molecule has 4 nitrogen and oxygen atoms in total. The Morgan fingerprint density at radius 2 is 1.90 bits per heavy atom. The number of nitrogens with zero attached hydrogens (tertiary/aromatic N) is 2. The normalized spacial score (nSPS) is 14.0. The van der Waals surface area contributed by atoms with Crippen LogP contribution in [0.3, 0.4) is 0 Å². The van der Waals surface area contributed by atoms with Crippen molar-refractivity contribution in [1.29, 1.82) is 0 Å². The first kappa shape index (κ1) is 23.0. The highest BCUT2D eigenvalue weighted by atomic mass is 79.9. The van der Waals surface area contributed by atoms with Crippen molar-refractivity contribution in [3.8, 4) is 0 Å². The molecule has 6 heteroatoms. The fraction of sp³-hybridized carbons (Fsp3) is 0.417. The van der Waals surface area contributed by atoms with Crippen LogP contribution in [0.5, 0.6) is 0 Å². The van der Waals surface area contributed by atoms with Gasteiger partial charge in [-0.15, -0.1) is 6.58 Å². The molecular formula is C24H31BrN2O2S. The van der Waals surface area contributed by atoms with E-state index >= 15 is 0 Å². The van der Waals surface area contributed by atoms with Gasteiger partial charge in [0, 0.05) is 17.6 Å². The Hall–Kier alpha value is -1.63. The van der Waals surface area contributed by atoms with E-state index in [1.54, 1.807) is 28.6 Å². The lowest BCUT2D eigenvalue weighted by Gasteiger charge is -2.31. The summed E-state index contributed by atoms with van der Waals surface area (Å²) < 4.78 is 28.8. The molecule has 0 amide bonds. The van der Waals surface area contributed by atoms with Crippen LogP contribution in [-0.2, 0) is 22.9 Å². The van der Waals surface area contributed by atoms with Crippen molar-refractivity contribution in [2.75, 3.05) is 31.0 Å². The number of aryl methyl sites for hydroxylation is 2. The zero-order valence-corrected chi connectivity index (χ0v) is 20.1. The van der Waals surface area contributed by atoms with E-state index in [4.69, 9.17) is 0 Å². The fourth-order valence-corrected chi connectivity index (χ4v) is 5.76. The lowest BCUT2D eigenvalue weighted by Crippen LogP contribution is -2.35. The number of halogens is 1. The Morgan fingerprint density at radius 1 is 1.13 bits per heavy atom. The molecule has 1 heterocycles. The molecule has 0 fully saturated rings. The topological polar surface area (TPSA) is 40.6 Å². The minimum atomic E-state index is -3.54. The summed E-state index contributed by atoms with van der Waals surface area (Å²) >= 11 is 3.37. The van der Waals surface area contributed by atoms with Crippen LogP contribution < -0.4 is 4.31 Å². The Kier molecular flexibility index (Phi) is 8.14. The molecule has 0 N–H and O–H groups in total. The molecule has 0 bridgehead atoms. The van der Waals surface area contributed by atoms with Gasteiger partial charge >= 0.3 is 0 Å². The second-order valence-electron chi connectivity index (χ2n) is 7.96. The Labute approximate surface area is 189 Å². The highest BCUT2D eigenvalue weighted by molar-refractivity contribution is 9.10. The first-order chi connectivity index (χ1) is 14.4. The van der Waals surface area contributed by atoms with E-state index in [1.165, 1.54) is 18.4 Å². The summed E-state index contributed by atoms with van der Waals surface area (Å²) in [6.07, 6.45) is 8.30. The average molecular weight is 491 g/mol. The second kappa shape index (κ2) is 10.6. The molecule has 0 spiro atoms. The fourth-order valence-electron chi connectivity index (χ4n) is 3.95. The van der Waals surface area contributed by atoms with Crippen molar-refractivity contribution in [2.45, 2.75) is 43.4 Å². The van der Waals surface area contributed by atoms with Gasteiger partial charge in [0.05, 0.1) is 10.6 Å². The number of hydrogen-bond acceptors (Lipinski definition) is 3. The lowest BCUT2D eigenvalue weighted by atomic mass is 9.98. The first-order valence-corrected chi connectivity index (χ1v) is 12.8. The molecule has 0 aromatic heterocycles. The third-order valence-corrected chi connectivity index (χ3v) is 7.92. The molecule has 2 aromatic carbocycles. The quantitative estimate of drug-likeness (QED) is 0.329. The van der Waals surface area contributed by atoms with Crippen molar-refractivity contribution in [2.24, 2.45) is 0 Å². The second-order valence-corrected chi connectivity index (χ2v) is 10.7. The number of fused-ring (bicyclic) bond motifs is 1. The van der Waals surface area contributed by atoms with E-state index in [-0.39, 0.29) is 0 Å². The van der Waals surface area contributed by atoms with E-state index in [2.05, 4.69) is 46.6 Å². The third kappa shape index (κ3) is 5.74. The molecule has 1 aliphatic heterocycles. The van der Waals surface area contributed by atoms with Gasteiger partial charge < -0.3 is 4.90 Å². The van der Waals surface area contributed by atoms with Crippen molar-refractivity contribution in [1.82, 2.24) is 4.90 Å². The Bertz CT molecular complexity index is 958. The summed E-state index contributed by atoms with van der Waals surface area (Å²) in [5.41, 5.74) is 3.28. The van der Waals surface area contributed by atoms with Gasteiger partial charge in [-0.1, -0.05) is 40.6 Å². The molecule has 1 aliphatic rings. The van der Waals surface area contributed by atoms with E-state index in [0.717, 1.165) is 54.5 Å². The maximum atomic E-state index is 13.2. The van der Waals surface area contributed by atoms with Crippen molar-refractivity contribution in [3.05, 3.63) is 70.7 Å². The molecule has 2 aromatic rings. The van der Waals surface area contributed by atoms with Gasteiger partial charge in [-0.25, -0.2) is 8.42 Å². The van der Waals surface area contributed by atoms with E-state index in [0.29, 0.717) is 11.4 Å². The minimum absolute atomic E-state index is 0.337. The number of unbranched alkanes of at least 4 members (excludes halogenated alkanes) is 2. The molecule has 0 saturated carbocycles. The summed E-state index contributed by atoms with van der Waals surface area (Å²) in [4.78, 5) is 2.62. The molecule has 3 rings (SSSR count). The van der Waals surface area contributed by atoms with Gasteiger partial charge in [0.15, 0.2) is 0 Å². The van der Waals surface area contributed by atoms with Crippen LogP contribution in [0.4, 0.5) is 5.69 Å². The summed E-state index contributed by atoms with van der Waals surface area (Å²) in [6, 6.07) is 13.2. The monoisotopic (exact) mass is 490 g/mol. The largest absolute Gasteiger partial charge is 0.303 e. The maximum absolute atomic E-state index is 13.2. The minimum Gasteiger partial charge on any atom is -0.303 e. The van der Waals surface area contributed by atoms with Crippen LogP contribution in [0.25, 0.3) is 0 Å². The van der Waals surface area contributed by atoms with Gasteiger partial charge in [-0.05, 0) is 87.2 Å². The number of likely N-dealkylation sites (N-methyl/N-ethyl adjacent to an activating group) is 1. The lowest BCUT2D eigenvalue weighted by molar-refractivity contribution is 0.358. The van der Waals surface area contributed by atoms with Gasteiger partial charge in [0.25, 0.3) is 10.0 Å². The molecule has 30 heavy (non-hydrogen) atoms. The van der Waals surface area contributed by atoms with Crippen LogP contribution in [0, 0.1) is 0 Å². The summed E-state index contributed by atoms with van der Waals surface area (Å²) in [6.45, 7) is 6.34. The molecular weight excluding hydrogens is 460 g/mol. The van der Waals surface area contributed by atoms with E-state index < -0.39 is 10.0 Å². The number of hydrogen-bond donors (Lipinski definition) is 0. The molecule has 162 valence electrons. The van der Waals surface area contributed by atoms with E-state index in [1.807, 2.05) is 12.1 Å². The maximum Gasteiger partial charge on any atom is 0.264 e. The zero-order valence-electron chi connectivity index (χ0n) is 17.7. The van der Waals surface area contributed by atoms with Crippen LogP contribution in [0.1, 0.15) is 36.8 Å². The van der Waals surface area contributed by atoms with E-state index in [9.17, 15) is 8.42 Å². The SMILES string of the molecule is C=CCN(C)CCCCCc1ccc2c(c1)CCCN2S(=O)(=O)c1ccc(Br)cc1. The number of sulfonamides is 1. The van der Waals surface area contributed by atoms with Gasteiger partial charge in [0.2, 0.25) is 0 Å². The van der Waals surface area contributed by atoms with Gasteiger partial charge in [0.1, 0.15) is 0 Å². The molecule has 0 atom stereocenters. The van der Waals surface area contributed by atoms with Gasteiger partial charge in [-0.2, -0.15) is 0 Å². The Morgan fingerprint density at radius 3 is 2.63 bits per heavy atom. The zero-order chi connectivity index (χ0) is 21.6. The third-order valence-electron chi connectivity index (χ3n) is 5.57. The average Bonchev–Trinajstić information content (AvgIpc) is 2.73. The van der Waals surface area contributed by atoms with Gasteiger partial charge in [-0.3, -0.25) is 4.31 Å². The smallest absolute Gasteiger partial charge is 0.264 e. The first-order valence-electron chi connectivity index (χ1n) is 10.6. The number of rotatable bonds is 10. The van der Waals surface area contributed by atoms with Crippen molar-refractivity contribution >= 4 is 31.6 Å². The number of benzene rings is 2. The predicted molar refractivity (Wildman–Crippen MR) is 129 cm³/mol. The molecule has 0 radical (unpaired) electrons. The predicted octanol–water partition coefficient (Wildman–Crippen LogP) is 5.42. The summed E-state index contributed by atoms with van der Waals surface area (Å²) in [7, 11) is -1.42.